The van der Waals surface area contributed by atoms with Crippen LogP contribution in [0.1, 0.15) is 0 Å². The van der Waals surface area contributed by atoms with Gasteiger partial charge in [0.25, 0.3) is 0 Å². The van der Waals surface area contributed by atoms with Crippen molar-refractivity contribution in [3.05, 3.63) is 24.3 Å². The molecule has 10 nitrogen and oxygen atoms in total. The van der Waals surface area contributed by atoms with E-state index in [0.717, 1.165) is 0 Å². The van der Waals surface area contributed by atoms with Crippen LogP contribution >= 0.6 is 0 Å². The number of hydrogen-bond donors (Lipinski definition) is 4. The molecule has 26 heavy (non-hydrogen) atoms. The SMILES string of the molecule is O=C(O)C(OCC1CO1)C(OCC1CO1)C(=O)O.Oc1cccc(O)c1. The maximum Gasteiger partial charge on any atom is 0.336 e. The summed E-state index contributed by atoms with van der Waals surface area (Å²) in [5.41, 5.74) is 0. The fourth-order valence-corrected chi connectivity index (χ4v) is 1.82. The second-order valence-electron chi connectivity index (χ2n) is 5.61. The van der Waals surface area contributed by atoms with Crippen molar-refractivity contribution in [3.8, 4) is 11.5 Å². The molecule has 4 atom stereocenters. The number of epoxide rings is 2. The molecule has 4 unspecified atom stereocenters. The first-order valence-electron chi connectivity index (χ1n) is 7.77. The maximum absolute atomic E-state index is 11.0. The van der Waals surface area contributed by atoms with E-state index < -0.39 is 24.1 Å². The molecule has 2 aliphatic heterocycles. The molecule has 0 spiro atoms. The van der Waals surface area contributed by atoms with Crippen molar-refractivity contribution < 1.29 is 49.0 Å². The molecule has 144 valence electrons. The van der Waals surface area contributed by atoms with Crippen LogP contribution in [0.5, 0.6) is 11.5 Å². The summed E-state index contributed by atoms with van der Waals surface area (Å²) < 4.78 is 19.8. The number of hydrogen-bond acceptors (Lipinski definition) is 8. The van der Waals surface area contributed by atoms with Gasteiger partial charge in [0.1, 0.15) is 23.7 Å². The van der Waals surface area contributed by atoms with Crippen LogP contribution in [0.4, 0.5) is 0 Å². The van der Waals surface area contributed by atoms with Gasteiger partial charge in [0, 0.05) is 6.07 Å². The molecule has 2 fully saturated rings. The van der Waals surface area contributed by atoms with Gasteiger partial charge in [0.05, 0.1) is 26.4 Å². The Balaban J connectivity index is 0.000000254. The summed E-state index contributed by atoms with van der Waals surface area (Å²) in [4.78, 5) is 22.0. The monoisotopic (exact) mass is 372 g/mol. The van der Waals surface area contributed by atoms with Crippen molar-refractivity contribution in [1.82, 2.24) is 0 Å². The molecule has 3 rings (SSSR count). The summed E-state index contributed by atoms with van der Waals surface area (Å²) >= 11 is 0. The largest absolute Gasteiger partial charge is 0.508 e. The third-order valence-corrected chi connectivity index (χ3v) is 3.32. The number of carboxylic acids is 2. The van der Waals surface area contributed by atoms with Gasteiger partial charge in [0.15, 0.2) is 12.2 Å². The molecule has 0 radical (unpaired) electrons. The summed E-state index contributed by atoms with van der Waals surface area (Å²) in [6.45, 7) is 1.09. The fraction of sp³-hybridized carbons (Fsp3) is 0.500. The first kappa shape index (κ1) is 19.9. The van der Waals surface area contributed by atoms with E-state index in [9.17, 15) is 9.59 Å². The van der Waals surface area contributed by atoms with Gasteiger partial charge in [-0.05, 0) is 12.1 Å². The first-order valence-corrected chi connectivity index (χ1v) is 7.77. The number of phenols is 2. The molecule has 4 N–H and O–H groups in total. The molecule has 0 bridgehead atoms. The van der Waals surface area contributed by atoms with E-state index in [1.54, 1.807) is 6.07 Å². The first-order chi connectivity index (χ1) is 12.4. The molecule has 1 aromatic carbocycles. The number of ether oxygens (including phenoxy) is 4. The van der Waals surface area contributed by atoms with Crippen molar-refractivity contribution in [2.45, 2.75) is 24.4 Å². The van der Waals surface area contributed by atoms with Crippen molar-refractivity contribution >= 4 is 11.9 Å². The minimum atomic E-state index is -1.55. The van der Waals surface area contributed by atoms with Crippen LogP contribution in [0, 0.1) is 0 Å². The molecule has 0 saturated carbocycles. The van der Waals surface area contributed by atoms with E-state index in [-0.39, 0.29) is 36.9 Å². The topological polar surface area (TPSA) is 159 Å². The van der Waals surface area contributed by atoms with Gasteiger partial charge in [-0.1, -0.05) is 6.07 Å². The normalized spacial score (nSPS) is 22.5. The molecule has 0 aliphatic carbocycles. The lowest BCUT2D eigenvalue weighted by Gasteiger charge is -2.20. The Morgan fingerprint density at radius 3 is 1.58 bits per heavy atom. The van der Waals surface area contributed by atoms with Gasteiger partial charge in [-0.15, -0.1) is 0 Å². The van der Waals surface area contributed by atoms with E-state index in [1.807, 2.05) is 0 Å². The number of carbonyl (C=O) groups is 2. The lowest BCUT2D eigenvalue weighted by Crippen LogP contribution is -2.44. The zero-order chi connectivity index (χ0) is 19.1. The molecule has 2 heterocycles. The minimum absolute atomic E-state index is 0.0457. The smallest absolute Gasteiger partial charge is 0.336 e. The van der Waals surface area contributed by atoms with Crippen molar-refractivity contribution in [2.24, 2.45) is 0 Å². The van der Waals surface area contributed by atoms with E-state index in [0.29, 0.717) is 13.2 Å². The van der Waals surface area contributed by atoms with Gasteiger partial charge < -0.3 is 39.4 Å². The number of rotatable bonds is 9. The highest BCUT2D eigenvalue weighted by Gasteiger charge is 2.39. The van der Waals surface area contributed by atoms with Gasteiger partial charge in [0.2, 0.25) is 0 Å². The lowest BCUT2D eigenvalue weighted by molar-refractivity contribution is -0.177. The zero-order valence-corrected chi connectivity index (χ0v) is 13.7. The molecule has 1 aromatic rings. The molecular weight excluding hydrogens is 352 g/mol. The summed E-state index contributed by atoms with van der Waals surface area (Å²) in [5, 5.41) is 35.2. The van der Waals surface area contributed by atoms with E-state index in [4.69, 9.17) is 39.4 Å². The van der Waals surface area contributed by atoms with Crippen molar-refractivity contribution in [3.63, 3.8) is 0 Å². The van der Waals surface area contributed by atoms with Crippen LogP contribution in [-0.4, -0.2) is 83.2 Å². The standard InChI is InChI=1S/C10H14O8.C6H6O2/c11-9(12)7(17-3-5-1-15-5)8(10(13)14)18-4-6-2-16-6;7-5-2-1-3-6(8)4-5/h5-8H,1-4H2,(H,11,12)(H,13,14);1-4,7-8H. The number of carboxylic acid groups (broad SMARTS) is 2. The second kappa shape index (κ2) is 9.34. The molecule has 0 amide bonds. The highest BCUT2D eigenvalue weighted by molar-refractivity contribution is 5.83. The van der Waals surface area contributed by atoms with Crippen LogP contribution in [0.15, 0.2) is 24.3 Å². The molecule has 10 heteroatoms. The van der Waals surface area contributed by atoms with Gasteiger partial charge in [-0.2, -0.15) is 0 Å². The van der Waals surface area contributed by atoms with E-state index in [1.165, 1.54) is 18.2 Å². The number of phenolic OH excluding ortho intramolecular Hbond substituents is 2. The summed E-state index contributed by atoms with van der Waals surface area (Å²) in [7, 11) is 0. The van der Waals surface area contributed by atoms with Gasteiger partial charge >= 0.3 is 11.9 Å². The quantitative estimate of drug-likeness (QED) is 0.428. The third kappa shape index (κ3) is 7.23. The molecule has 0 aromatic heterocycles. The highest BCUT2D eigenvalue weighted by atomic mass is 16.6. The van der Waals surface area contributed by atoms with Crippen LogP contribution in [-0.2, 0) is 28.5 Å². The van der Waals surface area contributed by atoms with E-state index >= 15 is 0 Å². The second-order valence-corrected chi connectivity index (χ2v) is 5.61. The third-order valence-electron chi connectivity index (χ3n) is 3.32. The molecule has 2 aliphatic rings. The summed E-state index contributed by atoms with van der Waals surface area (Å²) in [6.07, 6.45) is -3.39. The number of aromatic hydroxyl groups is 2. The summed E-state index contributed by atoms with van der Waals surface area (Å²) in [6, 6.07) is 5.85. The van der Waals surface area contributed by atoms with Crippen LogP contribution in [0.3, 0.4) is 0 Å². The van der Waals surface area contributed by atoms with Crippen LogP contribution in [0.2, 0.25) is 0 Å². The van der Waals surface area contributed by atoms with Crippen molar-refractivity contribution in [2.75, 3.05) is 26.4 Å². The number of aliphatic carboxylic acids is 2. The van der Waals surface area contributed by atoms with Gasteiger partial charge in [-0.3, -0.25) is 0 Å². The Morgan fingerprint density at radius 1 is 0.962 bits per heavy atom. The predicted molar refractivity (Wildman–Crippen MR) is 84.0 cm³/mol. The minimum Gasteiger partial charge on any atom is -0.508 e. The Morgan fingerprint density at radius 2 is 1.35 bits per heavy atom. The van der Waals surface area contributed by atoms with Gasteiger partial charge in [-0.25, -0.2) is 9.59 Å². The van der Waals surface area contributed by atoms with Crippen molar-refractivity contribution in [1.29, 1.82) is 0 Å². The predicted octanol–water partition coefficient (Wildman–Crippen LogP) is -0.179. The Kier molecular flexibility index (Phi) is 7.16. The molecule has 2 saturated heterocycles. The molecular formula is C16H20O10. The van der Waals surface area contributed by atoms with E-state index in [2.05, 4.69) is 0 Å². The average molecular weight is 372 g/mol. The van der Waals surface area contributed by atoms with Crippen LogP contribution in [0.25, 0.3) is 0 Å². The average Bonchev–Trinajstić information content (AvgIpc) is 3.44. The Bertz CT molecular complexity index is 562. The van der Waals surface area contributed by atoms with Crippen LogP contribution < -0.4 is 0 Å². The lowest BCUT2D eigenvalue weighted by atomic mass is 10.2. The Labute approximate surface area is 148 Å². The highest BCUT2D eigenvalue weighted by Crippen LogP contribution is 2.16. The fourth-order valence-electron chi connectivity index (χ4n) is 1.82. The number of benzene rings is 1. The zero-order valence-electron chi connectivity index (χ0n) is 13.7. The Hall–Kier alpha value is -2.40. The summed E-state index contributed by atoms with van der Waals surface area (Å²) in [5.74, 6) is -2.57. The maximum atomic E-state index is 11.0.